The number of aliphatic carboxylic acids is 1. The van der Waals surface area contributed by atoms with Crippen LogP contribution in [0.3, 0.4) is 0 Å². The number of hydrogen-bond acceptors (Lipinski definition) is 9. The minimum atomic E-state index is -1.32. The summed E-state index contributed by atoms with van der Waals surface area (Å²) in [6.45, 7) is 0.163. The normalized spacial score (nSPS) is 13.5. The standard InChI is InChI=1S/C29H41N7O7S/c1-44-14-12-23(34-25(39)21(30)15-17-4-8-19(37)9-5-17)27(41)35-22(3-2-13-33-29(31)32)26(40)36-24(28(42)43)16-18-6-10-20(38)11-7-18/h4-11,21-24,37-38H,2-3,12-16,30H2,1H3,(H,34,39)(H,35,41)(H,36,40)(H,42,43)(H4,31,32,33). The van der Waals surface area contributed by atoms with Crippen molar-refractivity contribution in [2.24, 2.45) is 22.2 Å². The van der Waals surface area contributed by atoms with E-state index in [0.717, 1.165) is 0 Å². The number of aromatic hydroxyl groups is 2. The maximum absolute atomic E-state index is 13.4. The van der Waals surface area contributed by atoms with Crippen LogP contribution in [0.25, 0.3) is 0 Å². The predicted molar refractivity (Wildman–Crippen MR) is 168 cm³/mol. The van der Waals surface area contributed by atoms with Crippen molar-refractivity contribution in [3.8, 4) is 11.5 Å². The summed E-state index contributed by atoms with van der Waals surface area (Å²) < 4.78 is 0. The van der Waals surface area contributed by atoms with Crippen LogP contribution in [0.15, 0.2) is 53.5 Å². The highest BCUT2D eigenvalue weighted by atomic mass is 32.2. The van der Waals surface area contributed by atoms with Gasteiger partial charge in [0.2, 0.25) is 17.7 Å². The molecule has 4 unspecified atom stereocenters. The van der Waals surface area contributed by atoms with Gasteiger partial charge >= 0.3 is 5.97 Å². The molecule has 240 valence electrons. The smallest absolute Gasteiger partial charge is 0.326 e. The van der Waals surface area contributed by atoms with Gasteiger partial charge in [-0.05, 0) is 73.1 Å². The van der Waals surface area contributed by atoms with Crippen molar-refractivity contribution in [3.63, 3.8) is 0 Å². The highest BCUT2D eigenvalue weighted by molar-refractivity contribution is 7.98. The van der Waals surface area contributed by atoms with Crippen molar-refractivity contribution in [2.75, 3.05) is 18.6 Å². The van der Waals surface area contributed by atoms with Crippen molar-refractivity contribution in [1.29, 1.82) is 0 Å². The van der Waals surface area contributed by atoms with Crippen LogP contribution in [0.4, 0.5) is 0 Å². The van der Waals surface area contributed by atoms with Crippen LogP contribution >= 0.6 is 11.8 Å². The molecule has 44 heavy (non-hydrogen) atoms. The molecule has 2 aromatic rings. The number of carboxylic acid groups (broad SMARTS) is 1. The number of hydrogen-bond donors (Lipinski definition) is 9. The van der Waals surface area contributed by atoms with Gasteiger partial charge in [0.25, 0.3) is 0 Å². The molecule has 12 N–H and O–H groups in total. The third-order valence-electron chi connectivity index (χ3n) is 6.54. The number of thioether (sulfide) groups is 1. The number of phenols is 2. The Bertz CT molecular complexity index is 1270. The Labute approximate surface area is 259 Å². The lowest BCUT2D eigenvalue weighted by atomic mass is 10.0. The summed E-state index contributed by atoms with van der Waals surface area (Å²) in [5, 5.41) is 36.5. The Balaban J connectivity index is 2.17. The molecule has 0 saturated heterocycles. The number of guanidine groups is 1. The molecule has 0 saturated carbocycles. The van der Waals surface area contributed by atoms with Gasteiger partial charge in [-0.1, -0.05) is 24.3 Å². The lowest BCUT2D eigenvalue weighted by Crippen LogP contribution is -2.57. The molecule has 0 aliphatic carbocycles. The first kappa shape index (κ1) is 35.7. The average molecular weight is 632 g/mol. The first-order valence-electron chi connectivity index (χ1n) is 13.9. The van der Waals surface area contributed by atoms with Gasteiger partial charge in [0.05, 0.1) is 6.04 Å². The molecule has 4 atom stereocenters. The number of carboxylic acids is 1. The molecule has 0 aromatic heterocycles. The molecule has 0 spiro atoms. The minimum absolute atomic E-state index is 0.0117. The van der Waals surface area contributed by atoms with E-state index in [4.69, 9.17) is 17.2 Å². The summed E-state index contributed by atoms with van der Waals surface area (Å²) in [4.78, 5) is 55.5. The van der Waals surface area contributed by atoms with Crippen molar-refractivity contribution in [3.05, 3.63) is 59.7 Å². The fraction of sp³-hybridized carbons (Fsp3) is 0.414. The molecule has 0 bridgehead atoms. The van der Waals surface area contributed by atoms with Gasteiger partial charge in [0.15, 0.2) is 5.96 Å². The van der Waals surface area contributed by atoms with Crippen molar-refractivity contribution < 1.29 is 34.5 Å². The fourth-order valence-corrected chi connectivity index (χ4v) is 4.62. The molecular weight excluding hydrogens is 590 g/mol. The Hall–Kier alpha value is -4.50. The third kappa shape index (κ3) is 12.8. The number of nitrogens with two attached hydrogens (primary N) is 3. The number of benzene rings is 2. The van der Waals surface area contributed by atoms with E-state index in [9.17, 15) is 34.5 Å². The summed E-state index contributed by atoms with van der Waals surface area (Å²) in [5.41, 5.74) is 18.1. The van der Waals surface area contributed by atoms with Crippen molar-refractivity contribution in [2.45, 2.75) is 56.3 Å². The van der Waals surface area contributed by atoms with Crippen LogP contribution in [-0.4, -0.2) is 87.7 Å². The van der Waals surface area contributed by atoms with Crippen LogP contribution in [0, 0.1) is 0 Å². The van der Waals surface area contributed by atoms with E-state index in [-0.39, 0.29) is 56.1 Å². The quantitative estimate of drug-likeness (QED) is 0.0579. The monoisotopic (exact) mass is 631 g/mol. The maximum atomic E-state index is 13.4. The number of carbonyl (C=O) groups excluding carboxylic acids is 3. The van der Waals surface area contributed by atoms with Crippen LogP contribution in [0.2, 0.25) is 0 Å². The third-order valence-corrected chi connectivity index (χ3v) is 7.19. The van der Waals surface area contributed by atoms with Crippen LogP contribution < -0.4 is 33.2 Å². The van der Waals surface area contributed by atoms with Crippen molar-refractivity contribution >= 4 is 41.4 Å². The highest BCUT2D eigenvalue weighted by Gasteiger charge is 2.30. The van der Waals surface area contributed by atoms with Gasteiger partial charge in [-0.2, -0.15) is 11.8 Å². The molecule has 2 aromatic carbocycles. The zero-order chi connectivity index (χ0) is 32.6. The number of aliphatic imine (C=N–C) groups is 1. The van der Waals surface area contributed by atoms with E-state index in [1.165, 1.54) is 48.2 Å². The zero-order valence-corrected chi connectivity index (χ0v) is 25.3. The van der Waals surface area contributed by atoms with E-state index < -0.39 is 47.9 Å². The predicted octanol–water partition coefficient (Wildman–Crippen LogP) is -0.444. The number of nitrogens with zero attached hydrogens (tertiary/aromatic N) is 1. The number of nitrogens with one attached hydrogen (secondary N) is 3. The molecule has 2 rings (SSSR count). The summed E-state index contributed by atoms with van der Waals surface area (Å²) >= 11 is 1.46. The Morgan fingerprint density at radius 1 is 0.773 bits per heavy atom. The van der Waals surface area contributed by atoms with Gasteiger partial charge < -0.3 is 48.5 Å². The van der Waals surface area contributed by atoms with Gasteiger partial charge in [0.1, 0.15) is 29.6 Å². The summed E-state index contributed by atoms with van der Waals surface area (Å²) in [5.74, 6) is -2.79. The fourth-order valence-electron chi connectivity index (χ4n) is 4.15. The topological polar surface area (TPSA) is 255 Å². The Kier molecular flexibility index (Phi) is 14.8. The number of carbonyl (C=O) groups is 4. The number of amides is 3. The maximum Gasteiger partial charge on any atom is 0.326 e. The summed E-state index contributed by atoms with van der Waals surface area (Å²) in [6, 6.07) is 7.61. The zero-order valence-electron chi connectivity index (χ0n) is 24.4. The summed E-state index contributed by atoms with van der Waals surface area (Å²) in [7, 11) is 0. The first-order valence-corrected chi connectivity index (χ1v) is 15.3. The first-order chi connectivity index (χ1) is 20.9. The molecule has 3 amide bonds. The van der Waals surface area contributed by atoms with Gasteiger partial charge in [0, 0.05) is 13.0 Å². The van der Waals surface area contributed by atoms with Gasteiger partial charge in [-0.25, -0.2) is 4.79 Å². The second-order valence-electron chi connectivity index (χ2n) is 10.1. The molecule has 0 radical (unpaired) electrons. The molecule has 0 heterocycles. The van der Waals surface area contributed by atoms with E-state index in [1.807, 2.05) is 6.26 Å². The number of phenolic OH excluding ortho intramolecular Hbond substituents is 2. The summed E-state index contributed by atoms with van der Waals surface area (Å²) in [6.07, 6.45) is 2.53. The largest absolute Gasteiger partial charge is 0.508 e. The minimum Gasteiger partial charge on any atom is -0.508 e. The molecule has 15 heteroatoms. The second-order valence-corrected chi connectivity index (χ2v) is 11.1. The van der Waals surface area contributed by atoms with Crippen LogP contribution in [0.5, 0.6) is 11.5 Å². The molecule has 0 aliphatic rings. The lowest BCUT2D eigenvalue weighted by molar-refractivity contribution is -0.142. The molecular formula is C29H41N7O7S. The SMILES string of the molecule is CSCCC(NC(=O)C(N)Cc1ccc(O)cc1)C(=O)NC(CCCN=C(N)N)C(=O)NC(Cc1ccc(O)cc1)C(=O)O. The van der Waals surface area contributed by atoms with E-state index >= 15 is 0 Å². The highest BCUT2D eigenvalue weighted by Crippen LogP contribution is 2.13. The molecule has 14 nitrogen and oxygen atoms in total. The molecule has 0 fully saturated rings. The lowest BCUT2D eigenvalue weighted by Gasteiger charge is -2.25. The van der Waals surface area contributed by atoms with E-state index in [0.29, 0.717) is 16.9 Å². The van der Waals surface area contributed by atoms with E-state index in [1.54, 1.807) is 12.1 Å². The van der Waals surface area contributed by atoms with Crippen LogP contribution in [-0.2, 0) is 32.0 Å². The van der Waals surface area contributed by atoms with E-state index in [2.05, 4.69) is 20.9 Å². The van der Waals surface area contributed by atoms with Gasteiger partial charge in [-0.15, -0.1) is 0 Å². The Morgan fingerprint density at radius 2 is 1.25 bits per heavy atom. The van der Waals surface area contributed by atoms with Crippen LogP contribution in [0.1, 0.15) is 30.4 Å². The van der Waals surface area contributed by atoms with Gasteiger partial charge in [-0.3, -0.25) is 19.4 Å². The second kappa shape index (κ2) is 18.2. The average Bonchev–Trinajstić information content (AvgIpc) is 2.98. The van der Waals surface area contributed by atoms with Crippen molar-refractivity contribution in [1.82, 2.24) is 16.0 Å². The number of rotatable bonds is 18. The molecule has 0 aliphatic heterocycles. The Morgan fingerprint density at radius 3 is 1.75 bits per heavy atom.